The maximum Gasteiger partial charge on any atom is 0.321 e. The van der Waals surface area contributed by atoms with E-state index in [4.69, 9.17) is 9.47 Å². The van der Waals surface area contributed by atoms with E-state index in [9.17, 15) is 9.59 Å². The Kier molecular flexibility index (Phi) is 9.67. The minimum Gasteiger partial charge on any atom is -0.457 e. The van der Waals surface area contributed by atoms with Gasteiger partial charge in [-0.2, -0.15) is 0 Å². The summed E-state index contributed by atoms with van der Waals surface area (Å²) >= 11 is 0. The SMILES string of the molecule is CC(C)NC(=O)c1ccc(Oc2ccc(CN3CCC(N4C(=O)N(C5CCOCC5)C[C@H]4C4=CC=CCC4)CC3)cc2)cc1. The second-order valence-corrected chi connectivity index (χ2v) is 12.8. The zero-order chi connectivity index (χ0) is 30.5. The fourth-order valence-electron chi connectivity index (χ4n) is 6.97. The molecular formula is C36H46N4O4. The van der Waals surface area contributed by atoms with Crippen molar-refractivity contribution in [3.05, 3.63) is 83.5 Å². The molecule has 0 saturated carbocycles. The lowest BCUT2D eigenvalue weighted by atomic mass is 9.94. The lowest BCUT2D eigenvalue weighted by Gasteiger charge is -2.40. The Hall–Kier alpha value is -3.62. The Morgan fingerprint density at radius 3 is 2.27 bits per heavy atom. The normalized spacial score (nSPS) is 22.0. The van der Waals surface area contributed by atoms with Gasteiger partial charge < -0.3 is 24.6 Å². The second kappa shape index (κ2) is 14.0. The Morgan fingerprint density at radius 2 is 1.64 bits per heavy atom. The van der Waals surface area contributed by atoms with Crippen molar-refractivity contribution >= 4 is 11.9 Å². The van der Waals surface area contributed by atoms with E-state index >= 15 is 0 Å². The van der Waals surface area contributed by atoms with E-state index < -0.39 is 0 Å². The molecule has 234 valence electrons. The number of amides is 3. The maximum absolute atomic E-state index is 13.9. The summed E-state index contributed by atoms with van der Waals surface area (Å²) in [6.07, 6.45) is 12.6. The number of hydrogen-bond acceptors (Lipinski definition) is 5. The molecule has 6 rings (SSSR count). The number of allylic oxidation sites excluding steroid dienone is 3. The number of hydrogen-bond donors (Lipinski definition) is 1. The zero-order valence-electron chi connectivity index (χ0n) is 26.1. The van der Waals surface area contributed by atoms with Crippen molar-refractivity contribution < 1.29 is 19.1 Å². The Bertz CT molecular complexity index is 1340. The zero-order valence-corrected chi connectivity index (χ0v) is 26.1. The highest BCUT2D eigenvalue weighted by molar-refractivity contribution is 5.94. The summed E-state index contributed by atoms with van der Waals surface area (Å²) in [6, 6.07) is 16.6. The molecule has 3 heterocycles. The number of piperidine rings is 1. The molecule has 0 bridgehead atoms. The summed E-state index contributed by atoms with van der Waals surface area (Å²) < 4.78 is 11.6. The number of ether oxygens (including phenoxy) is 2. The van der Waals surface area contributed by atoms with Crippen LogP contribution in [0.1, 0.15) is 68.3 Å². The van der Waals surface area contributed by atoms with Crippen molar-refractivity contribution in [2.24, 2.45) is 0 Å². The first kappa shape index (κ1) is 30.4. The van der Waals surface area contributed by atoms with Gasteiger partial charge in [0.25, 0.3) is 5.91 Å². The first-order valence-corrected chi connectivity index (χ1v) is 16.4. The second-order valence-electron chi connectivity index (χ2n) is 12.8. The number of benzene rings is 2. The van der Waals surface area contributed by atoms with Gasteiger partial charge in [0, 0.05) is 63.1 Å². The van der Waals surface area contributed by atoms with Crippen LogP contribution in [0, 0.1) is 0 Å². The number of likely N-dealkylation sites (tertiary alicyclic amines) is 1. The average Bonchev–Trinajstić information content (AvgIpc) is 3.40. The van der Waals surface area contributed by atoms with Gasteiger partial charge in [-0.1, -0.05) is 30.4 Å². The van der Waals surface area contributed by atoms with Crippen molar-refractivity contribution in [3.8, 4) is 11.5 Å². The molecule has 0 aromatic heterocycles. The third-order valence-corrected chi connectivity index (χ3v) is 9.33. The standard InChI is InChI=1S/C36H46N4O4/c1-26(2)37-35(41)29-10-14-33(15-11-29)44-32-12-8-27(9-13-32)24-38-20-16-31(17-21-38)40-34(28-6-4-3-5-7-28)25-39(36(40)42)30-18-22-43-23-19-30/h3-4,6,8-15,26,30-31,34H,5,7,16-25H2,1-2H3,(H,37,41)/t34-/m0/s1. The van der Waals surface area contributed by atoms with Crippen molar-refractivity contribution in [1.29, 1.82) is 0 Å². The van der Waals surface area contributed by atoms with Gasteiger partial charge in [0.05, 0.1) is 6.04 Å². The summed E-state index contributed by atoms with van der Waals surface area (Å²) in [7, 11) is 0. The van der Waals surface area contributed by atoms with Crippen LogP contribution in [0.5, 0.6) is 11.5 Å². The largest absolute Gasteiger partial charge is 0.457 e. The predicted molar refractivity (Wildman–Crippen MR) is 172 cm³/mol. The summed E-state index contributed by atoms with van der Waals surface area (Å²) in [4.78, 5) is 33.0. The fraction of sp³-hybridized carbons (Fsp3) is 0.500. The molecular weight excluding hydrogens is 552 g/mol. The first-order valence-electron chi connectivity index (χ1n) is 16.4. The van der Waals surface area contributed by atoms with Crippen LogP contribution in [0.2, 0.25) is 0 Å². The van der Waals surface area contributed by atoms with Crippen molar-refractivity contribution in [3.63, 3.8) is 0 Å². The molecule has 3 fully saturated rings. The molecule has 0 radical (unpaired) electrons. The highest BCUT2D eigenvalue weighted by Crippen LogP contribution is 2.34. The molecule has 8 nitrogen and oxygen atoms in total. The summed E-state index contributed by atoms with van der Waals surface area (Å²) in [5.74, 6) is 1.39. The molecule has 2 aromatic carbocycles. The lowest BCUT2D eigenvalue weighted by Crippen LogP contribution is -2.50. The number of carbonyl (C=O) groups excluding carboxylic acids is 2. The van der Waals surface area contributed by atoms with E-state index in [0.717, 1.165) is 83.7 Å². The average molecular weight is 599 g/mol. The molecule has 3 saturated heterocycles. The first-order chi connectivity index (χ1) is 21.4. The lowest BCUT2D eigenvalue weighted by molar-refractivity contribution is 0.0493. The monoisotopic (exact) mass is 598 g/mol. The molecule has 0 unspecified atom stereocenters. The van der Waals surface area contributed by atoms with Gasteiger partial charge in [-0.3, -0.25) is 9.69 Å². The smallest absolute Gasteiger partial charge is 0.321 e. The number of nitrogens with zero attached hydrogens (tertiary/aromatic N) is 3. The Labute approximate surface area is 261 Å². The van der Waals surface area contributed by atoms with E-state index in [0.29, 0.717) is 17.4 Å². The van der Waals surface area contributed by atoms with Crippen LogP contribution in [0.3, 0.4) is 0 Å². The Balaban J connectivity index is 1.03. The van der Waals surface area contributed by atoms with Gasteiger partial charge in [0.15, 0.2) is 0 Å². The molecule has 1 N–H and O–H groups in total. The van der Waals surface area contributed by atoms with Crippen molar-refractivity contribution in [1.82, 2.24) is 20.0 Å². The molecule has 44 heavy (non-hydrogen) atoms. The minimum absolute atomic E-state index is 0.0808. The highest BCUT2D eigenvalue weighted by Gasteiger charge is 2.45. The molecule has 3 aliphatic heterocycles. The quantitative estimate of drug-likeness (QED) is 0.375. The maximum atomic E-state index is 13.9. The summed E-state index contributed by atoms with van der Waals surface area (Å²) in [5.41, 5.74) is 3.28. The molecule has 2 aromatic rings. The van der Waals surface area contributed by atoms with E-state index in [-0.39, 0.29) is 30.1 Å². The highest BCUT2D eigenvalue weighted by atomic mass is 16.5. The summed E-state index contributed by atoms with van der Waals surface area (Å²) in [5, 5.41) is 2.90. The van der Waals surface area contributed by atoms with Gasteiger partial charge in [-0.15, -0.1) is 0 Å². The number of rotatable bonds is 9. The van der Waals surface area contributed by atoms with Crippen LogP contribution in [0.15, 0.2) is 72.3 Å². The van der Waals surface area contributed by atoms with Crippen molar-refractivity contribution in [2.45, 2.75) is 83.1 Å². The van der Waals surface area contributed by atoms with Crippen LogP contribution in [-0.2, 0) is 11.3 Å². The van der Waals surface area contributed by atoms with E-state index in [1.54, 1.807) is 12.1 Å². The third kappa shape index (κ3) is 7.19. The van der Waals surface area contributed by atoms with Crippen LogP contribution in [0.4, 0.5) is 4.79 Å². The minimum atomic E-state index is -0.0808. The molecule has 3 amide bonds. The van der Waals surface area contributed by atoms with Gasteiger partial charge >= 0.3 is 6.03 Å². The fourth-order valence-corrected chi connectivity index (χ4v) is 6.97. The van der Waals surface area contributed by atoms with Gasteiger partial charge in [0.1, 0.15) is 11.5 Å². The Morgan fingerprint density at radius 1 is 0.955 bits per heavy atom. The number of nitrogens with one attached hydrogen (secondary N) is 1. The number of urea groups is 1. The van der Waals surface area contributed by atoms with Crippen molar-refractivity contribution in [2.75, 3.05) is 32.8 Å². The van der Waals surface area contributed by atoms with Crippen LogP contribution >= 0.6 is 0 Å². The van der Waals surface area contributed by atoms with E-state index in [1.807, 2.05) is 38.1 Å². The summed E-state index contributed by atoms with van der Waals surface area (Å²) in [6.45, 7) is 9.05. The third-order valence-electron chi connectivity index (χ3n) is 9.33. The molecule has 8 heteroatoms. The van der Waals surface area contributed by atoms with Gasteiger partial charge in [-0.25, -0.2) is 4.79 Å². The van der Waals surface area contributed by atoms with Crippen LogP contribution in [-0.4, -0.2) is 83.7 Å². The van der Waals surface area contributed by atoms with Gasteiger partial charge in [0.2, 0.25) is 0 Å². The topological polar surface area (TPSA) is 74.4 Å². The number of carbonyl (C=O) groups is 2. The predicted octanol–water partition coefficient (Wildman–Crippen LogP) is 6.14. The van der Waals surface area contributed by atoms with Crippen LogP contribution < -0.4 is 10.1 Å². The molecule has 0 spiro atoms. The van der Waals surface area contributed by atoms with E-state index in [1.165, 1.54) is 11.1 Å². The van der Waals surface area contributed by atoms with Crippen LogP contribution in [0.25, 0.3) is 0 Å². The van der Waals surface area contributed by atoms with Gasteiger partial charge in [-0.05, 0) is 99.9 Å². The molecule has 4 aliphatic rings. The molecule has 1 aliphatic carbocycles. The molecule has 1 atom stereocenters. The van der Waals surface area contributed by atoms with E-state index in [2.05, 4.69) is 50.4 Å².